The predicted octanol–water partition coefficient (Wildman–Crippen LogP) is 5.55. The summed E-state index contributed by atoms with van der Waals surface area (Å²) in [6.07, 6.45) is 7.94. The van der Waals surface area contributed by atoms with Gasteiger partial charge in [-0.3, -0.25) is 10.1 Å². The van der Waals surface area contributed by atoms with E-state index in [1.54, 1.807) is 24.3 Å². The number of carbonyl (C=O) groups is 2. The average Bonchev–Trinajstić information content (AvgIpc) is 3.47. The number of carbonyl (C=O) groups excluding carboxylic acids is 1. The van der Waals surface area contributed by atoms with Crippen LogP contribution in [0.2, 0.25) is 0 Å². The van der Waals surface area contributed by atoms with E-state index in [1.807, 2.05) is 6.07 Å². The number of hydrogen-bond acceptors (Lipinski definition) is 7. The number of aryl methyl sites for hydroxylation is 1. The molecule has 1 amide bonds. The molecule has 8 nitrogen and oxygen atoms in total. The van der Waals surface area contributed by atoms with Gasteiger partial charge in [-0.05, 0) is 30.7 Å². The number of unbranched alkanes of at least 4 members (excludes halogenated alkanes) is 4. The van der Waals surface area contributed by atoms with Gasteiger partial charge < -0.3 is 9.52 Å². The first-order chi connectivity index (χ1) is 16.0. The number of carboxylic acid groups (broad SMARTS) is 1. The molecule has 170 valence electrons. The number of furan rings is 1. The number of amides is 1. The SMILES string of the molecule is CCCCCCCc1nnc(NC(=O)C(C#N)=Cc2ccc(-c3cccc(C(=O)O)c3)o2)s1. The van der Waals surface area contributed by atoms with E-state index in [0.717, 1.165) is 24.3 Å². The summed E-state index contributed by atoms with van der Waals surface area (Å²) < 4.78 is 5.69. The summed E-state index contributed by atoms with van der Waals surface area (Å²) in [5.41, 5.74) is 0.565. The average molecular weight is 465 g/mol. The fourth-order valence-electron chi connectivity index (χ4n) is 3.13. The molecule has 0 aliphatic rings. The minimum Gasteiger partial charge on any atom is -0.478 e. The number of aromatic nitrogens is 2. The molecular weight excluding hydrogens is 440 g/mol. The van der Waals surface area contributed by atoms with Gasteiger partial charge in [0, 0.05) is 18.1 Å². The van der Waals surface area contributed by atoms with Crippen molar-refractivity contribution in [2.24, 2.45) is 0 Å². The largest absolute Gasteiger partial charge is 0.478 e. The number of nitriles is 1. The number of benzene rings is 1. The van der Waals surface area contributed by atoms with E-state index in [4.69, 9.17) is 9.52 Å². The number of hydrogen-bond donors (Lipinski definition) is 2. The zero-order valence-electron chi connectivity index (χ0n) is 18.2. The van der Waals surface area contributed by atoms with Gasteiger partial charge in [0.25, 0.3) is 5.91 Å². The molecule has 0 bridgehead atoms. The van der Waals surface area contributed by atoms with Crippen LogP contribution < -0.4 is 5.32 Å². The first-order valence-corrected chi connectivity index (χ1v) is 11.5. The second kappa shape index (κ2) is 11.7. The lowest BCUT2D eigenvalue weighted by molar-refractivity contribution is -0.112. The van der Waals surface area contributed by atoms with E-state index < -0.39 is 11.9 Å². The second-order valence-corrected chi connectivity index (χ2v) is 8.44. The van der Waals surface area contributed by atoms with Crippen LogP contribution in [0.15, 0.2) is 46.4 Å². The molecule has 2 aromatic heterocycles. The Balaban J connectivity index is 1.63. The monoisotopic (exact) mass is 464 g/mol. The summed E-state index contributed by atoms with van der Waals surface area (Å²) in [4.78, 5) is 23.7. The van der Waals surface area contributed by atoms with Crippen molar-refractivity contribution < 1.29 is 19.1 Å². The topological polar surface area (TPSA) is 129 Å². The number of rotatable bonds is 11. The number of anilines is 1. The third-order valence-corrected chi connectivity index (χ3v) is 5.75. The lowest BCUT2D eigenvalue weighted by Gasteiger charge is -2.00. The molecule has 9 heteroatoms. The Hall–Kier alpha value is -3.77. The fourth-order valence-corrected chi connectivity index (χ4v) is 3.91. The van der Waals surface area contributed by atoms with Gasteiger partial charge in [-0.2, -0.15) is 5.26 Å². The summed E-state index contributed by atoms with van der Waals surface area (Å²) in [7, 11) is 0. The molecule has 0 aliphatic heterocycles. The highest BCUT2D eigenvalue weighted by Gasteiger charge is 2.14. The standard InChI is InChI=1S/C24H24N4O4S/c1-2-3-4-5-6-10-21-27-28-24(33-21)26-22(29)18(15-25)14-19-11-12-20(32-19)16-8-7-9-17(13-16)23(30)31/h7-9,11-14H,2-6,10H2,1H3,(H,30,31)(H,26,28,29). The van der Waals surface area contributed by atoms with Crippen LogP contribution in [0.5, 0.6) is 0 Å². The molecule has 0 saturated heterocycles. The first kappa shape index (κ1) is 23.9. The fraction of sp³-hybridized carbons (Fsp3) is 0.292. The highest BCUT2D eigenvalue weighted by Crippen LogP contribution is 2.25. The van der Waals surface area contributed by atoms with Crippen molar-refractivity contribution in [2.45, 2.75) is 45.4 Å². The first-order valence-electron chi connectivity index (χ1n) is 10.7. The predicted molar refractivity (Wildman–Crippen MR) is 126 cm³/mol. The van der Waals surface area contributed by atoms with Crippen LogP contribution in [0.3, 0.4) is 0 Å². The van der Waals surface area contributed by atoms with Gasteiger partial charge in [0.2, 0.25) is 5.13 Å². The van der Waals surface area contributed by atoms with Gasteiger partial charge in [0.05, 0.1) is 5.56 Å². The van der Waals surface area contributed by atoms with Gasteiger partial charge in [-0.25, -0.2) is 4.79 Å². The molecule has 2 N–H and O–H groups in total. The lowest BCUT2D eigenvalue weighted by Crippen LogP contribution is -2.13. The summed E-state index contributed by atoms with van der Waals surface area (Å²) in [6.45, 7) is 2.18. The Morgan fingerprint density at radius 1 is 1.18 bits per heavy atom. The second-order valence-electron chi connectivity index (χ2n) is 7.38. The van der Waals surface area contributed by atoms with Gasteiger partial charge in [-0.1, -0.05) is 56.1 Å². The van der Waals surface area contributed by atoms with Crippen LogP contribution in [-0.2, 0) is 11.2 Å². The summed E-state index contributed by atoms with van der Waals surface area (Å²) >= 11 is 1.30. The van der Waals surface area contributed by atoms with Crippen molar-refractivity contribution in [2.75, 3.05) is 5.32 Å². The molecule has 0 spiro atoms. The molecule has 3 aromatic rings. The molecule has 1 aromatic carbocycles. The summed E-state index contributed by atoms with van der Waals surface area (Å²) in [5.74, 6) is -0.922. The van der Waals surface area contributed by atoms with E-state index in [0.29, 0.717) is 22.2 Å². The quantitative estimate of drug-likeness (QED) is 0.216. The Labute approximate surface area is 195 Å². The van der Waals surface area contributed by atoms with Crippen LogP contribution in [0.1, 0.15) is 60.2 Å². The molecule has 0 fully saturated rings. The molecular formula is C24H24N4O4S. The number of aromatic carboxylic acids is 1. The van der Waals surface area contributed by atoms with Crippen molar-refractivity contribution in [1.29, 1.82) is 5.26 Å². The van der Waals surface area contributed by atoms with Gasteiger partial charge in [0.1, 0.15) is 28.2 Å². The third kappa shape index (κ3) is 6.85. The molecule has 2 heterocycles. The molecule has 0 aliphatic carbocycles. The van der Waals surface area contributed by atoms with Crippen LogP contribution in [-0.4, -0.2) is 27.2 Å². The van der Waals surface area contributed by atoms with Crippen molar-refractivity contribution >= 4 is 34.4 Å². The Kier molecular flexibility index (Phi) is 8.49. The Morgan fingerprint density at radius 2 is 2.00 bits per heavy atom. The van der Waals surface area contributed by atoms with Crippen LogP contribution in [0.25, 0.3) is 17.4 Å². The lowest BCUT2D eigenvalue weighted by atomic mass is 10.1. The van der Waals surface area contributed by atoms with Crippen LogP contribution in [0, 0.1) is 11.3 Å². The maximum absolute atomic E-state index is 12.5. The maximum atomic E-state index is 12.5. The zero-order chi connectivity index (χ0) is 23.6. The van der Waals surface area contributed by atoms with E-state index in [1.165, 1.54) is 48.8 Å². The normalized spacial score (nSPS) is 11.2. The van der Waals surface area contributed by atoms with Crippen molar-refractivity contribution in [3.63, 3.8) is 0 Å². The van der Waals surface area contributed by atoms with Gasteiger partial charge in [-0.15, -0.1) is 10.2 Å². The van der Waals surface area contributed by atoms with E-state index >= 15 is 0 Å². The third-order valence-electron chi connectivity index (χ3n) is 4.85. The molecule has 33 heavy (non-hydrogen) atoms. The number of carboxylic acids is 1. The van der Waals surface area contributed by atoms with Gasteiger partial charge in [0.15, 0.2) is 0 Å². The smallest absolute Gasteiger partial charge is 0.335 e. The Bertz CT molecular complexity index is 1190. The molecule has 0 radical (unpaired) electrons. The van der Waals surface area contributed by atoms with Crippen molar-refractivity contribution in [1.82, 2.24) is 10.2 Å². The minimum atomic E-state index is -1.04. The highest BCUT2D eigenvalue weighted by molar-refractivity contribution is 7.15. The van der Waals surface area contributed by atoms with E-state index in [9.17, 15) is 14.9 Å². The van der Waals surface area contributed by atoms with Crippen molar-refractivity contribution in [3.05, 3.63) is 58.3 Å². The number of nitrogens with zero attached hydrogens (tertiary/aromatic N) is 3. The van der Waals surface area contributed by atoms with Crippen LogP contribution in [0.4, 0.5) is 5.13 Å². The highest BCUT2D eigenvalue weighted by atomic mass is 32.1. The zero-order valence-corrected chi connectivity index (χ0v) is 19.0. The summed E-state index contributed by atoms with van der Waals surface area (Å²) in [6, 6.07) is 11.4. The maximum Gasteiger partial charge on any atom is 0.335 e. The van der Waals surface area contributed by atoms with E-state index in [-0.39, 0.29) is 11.1 Å². The van der Waals surface area contributed by atoms with Gasteiger partial charge >= 0.3 is 5.97 Å². The minimum absolute atomic E-state index is 0.135. The number of nitrogens with one attached hydrogen (secondary N) is 1. The molecule has 0 saturated carbocycles. The molecule has 0 unspecified atom stereocenters. The van der Waals surface area contributed by atoms with Crippen LogP contribution >= 0.6 is 11.3 Å². The molecule has 0 atom stereocenters. The van der Waals surface area contributed by atoms with Crippen molar-refractivity contribution in [3.8, 4) is 17.4 Å². The molecule has 3 rings (SSSR count). The summed E-state index contributed by atoms with van der Waals surface area (Å²) in [5, 5.41) is 30.5. The van der Waals surface area contributed by atoms with E-state index in [2.05, 4.69) is 22.4 Å². The Morgan fingerprint density at radius 3 is 2.76 bits per heavy atom.